The van der Waals surface area contributed by atoms with Gasteiger partial charge < -0.3 is 10.2 Å². The number of hydrogen-bond acceptors (Lipinski definition) is 4. The molecule has 0 aliphatic rings. The minimum Gasteiger partial charge on any atom is -0.348 e. The molecular weight excluding hydrogens is 328 g/mol. The minimum absolute atomic E-state index is 0.383. The molecule has 134 valence electrons. The molecule has 0 radical (unpaired) electrons. The van der Waals surface area contributed by atoms with Gasteiger partial charge in [-0.3, -0.25) is 4.40 Å². The highest BCUT2D eigenvalue weighted by Gasteiger charge is 2.21. The van der Waals surface area contributed by atoms with Crippen molar-refractivity contribution in [2.45, 2.75) is 46.8 Å². The molecule has 0 atom stereocenters. The van der Waals surface area contributed by atoms with Crippen molar-refractivity contribution in [2.24, 2.45) is 5.92 Å². The zero-order valence-electron chi connectivity index (χ0n) is 15.6. The lowest BCUT2D eigenvalue weighted by Crippen LogP contribution is -2.32. The van der Waals surface area contributed by atoms with Gasteiger partial charge in [0, 0.05) is 30.7 Å². The third-order valence-corrected chi connectivity index (χ3v) is 5.03. The van der Waals surface area contributed by atoms with E-state index in [-0.39, 0.29) is 0 Å². The highest BCUT2D eigenvalue weighted by molar-refractivity contribution is 7.15. The van der Waals surface area contributed by atoms with Gasteiger partial charge >= 0.3 is 0 Å². The second kappa shape index (κ2) is 8.02. The lowest BCUT2D eigenvalue weighted by molar-refractivity contribution is 0.545. The highest BCUT2D eigenvalue weighted by atomic mass is 32.1. The van der Waals surface area contributed by atoms with Gasteiger partial charge in [0.1, 0.15) is 0 Å². The maximum absolute atomic E-state index is 4.96. The van der Waals surface area contributed by atoms with Crippen LogP contribution in [0, 0.1) is 5.92 Å². The Labute approximate surface area is 154 Å². The first-order valence-electron chi connectivity index (χ1n) is 9.02. The van der Waals surface area contributed by atoms with E-state index in [1.54, 1.807) is 11.3 Å². The molecule has 0 saturated carbocycles. The van der Waals surface area contributed by atoms with Crippen molar-refractivity contribution in [3.8, 4) is 0 Å². The Morgan fingerprint density at radius 1 is 1.16 bits per heavy atom. The van der Waals surface area contributed by atoms with Crippen molar-refractivity contribution in [1.29, 1.82) is 0 Å². The average molecular weight is 357 g/mol. The summed E-state index contributed by atoms with van der Waals surface area (Å²) in [6.45, 7) is 11.7. The SMILES string of the molecule is CC(C)CNCc1c(N(Cc2ccccc2)C(C)C)nc2sccn12. The van der Waals surface area contributed by atoms with Crippen LogP contribution in [0.3, 0.4) is 0 Å². The molecule has 4 nitrogen and oxygen atoms in total. The van der Waals surface area contributed by atoms with Gasteiger partial charge in [-0.2, -0.15) is 0 Å². The normalized spacial score (nSPS) is 11.8. The zero-order valence-corrected chi connectivity index (χ0v) is 16.4. The Morgan fingerprint density at radius 3 is 2.60 bits per heavy atom. The Morgan fingerprint density at radius 2 is 1.92 bits per heavy atom. The molecule has 0 amide bonds. The molecule has 3 aromatic rings. The van der Waals surface area contributed by atoms with Gasteiger partial charge in [0.25, 0.3) is 0 Å². The number of aromatic nitrogens is 2. The fourth-order valence-corrected chi connectivity index (χ4v) is 3.70. The molecule has 0 aliphatic carbocycles. The van der Waals surface area contributed by atoms with Gasteiger partial charge in [-0.1, -0.05) is 44.2 Å². The van der Waals surface area contributed by atoms with Crippen LogP contribution in [0.15, 0.2) is 41.9 Å². The second-order valence-corrected chi connectivity index (χ2v) is 8.04. The van der Waals surface area contributed by atoms with Crippen LogP contribution in [0.25, 0.3) is 4.96 Å². The Kier molecular flexibility index (Phi) is 5.76. The molecule has 0 saturated heterocycles. The summed E-state index contributed by atoms with van der Waals surface area (Å²) in [5.41, 5.74) is 2.56. The van der Waals surface area contributed by atoms with Crippen LogP contribution in [0.4, 0.5) is 5.82 Å². The Balaban J connectivity index is 1.91. The van der Waals surface area contributed by atoms with E-state index < -0.39 is 0 Å². The van der Waals surface area contributed by atoms with Crippen molar-refractivity contribution < 1.29 is 0 Å². The second-order valence-electron chi connectivity index (χ2n) is 7.17. The van der Waals surface area contributed by atoms with Crippen molar-refractivity contribution in [2.75, 3.05) is 11.4 Å². The lowest BCUT2D eigenvalue weighted by Gasteiger charge is -2.28. The van der Waals surface area contributed by atoms with Crippen molar-refractivity contribution in [3.63, 3.8) is 0 Å². The van der Waals surface area contributed by atoms with E-state index in [1.165, 1.54) is 11.3 Å². The zero-order chi connectivity index (χ0) is 17.8. The number of nitrogens with one attached hydrogen (secondary N) is 1. The molecule has 25 heavy (non-hydrogen) atoms. The third-order valence-electron chi connectivity index (χ3n) is 4.28. The van der Waals surface area contributed by atoms with E-state index in [9.17, 15) is 0 Å². The predicted octanol–water partition coefficient (Wildman–Crippen LogP) is 4.56. The number of fused-ring (bicyclic) bond motifs is 1. The van der Waals surface area contributed by atoms with E-state index in [4.69, 9.17) is 4.98 Å². The fourth-order valence-electron chi connectivity index (χ4n) is 2.98. The maximum Gasteiger partial charge on any atom is 0.195 e. The summed E-state index contributed by atoms with van der Waals surface area (Å²) in [4.78, 5) is 8.42. The smallest absolute Gasteiger partial charge is 0.195 e. The first-order chi connectivity index (χ1) is 12.1. The quantitative estimate of drug-likeness (QED) is 0.642. The topological polar surface area (TPSA) is 32.6 Å². The molecule has 0 bridgehead atoms. The highest BCUT2D eigenvalue weighted by Crippen LogP contribution is 2.27. The standard InChI is InChI=1S/C20H28N4S/c1-15(2)12-21-13-18-19(22-20-23(18)10-11-25-20)24(16(3)4)14-17-8-6-5-7-9-17/h5-11,15-16,21H,12-14H2,1-4H3. The van der Waals surface area contributed by atoms with Crippen molar-refractivity contribution in [3.05, 3.63) is 53.2 Å². The average Bonchev–Trinajstić information content (AvgIpc) is 3.15. The Bertz CT molecular complexity index is 788. The summed E-state index contributed by atoms with van der Waals surface area (Å²) < 4.78 is 2.23. The van der Waals surface area contributed by atoms with Gasteiger partial charge in [-0.15, -0.1) is 11.3 Å². The van der Waals surface area contributed by atoms with Gasteiger partial charge in [0.15, 0.2) is 10.8 Å². The number of imidazole rings is 1. The van der Waals surface area contributed by atoms with E-state index in [1.807, 2.05) is 0 Å². The molecule has 0 aliphatic heterocycles. The number of hydrogen-bond donors (Lipinski definition) is 1. The molecule has 3 rings (SSSR count). The number of anilines is 1. The summed E-state index contributed by atoms with van der Waals surface area (Å²) in [7, 11) is 0. The lowest BCUT2D eigenvalue weighted by atomic mass is 10.2. The van der Waals surface area contributed by atoms with Gasteiger partial charge in [-0.05, 0) is 31.9 Å². The molecule has 0 unspecified atom stereocenters. The van der Waals surface area contributed by atoms with E-state index in [0.29, 0.717) is 12.0 Å². The van der Waals surface area contributed by atoms with Crippen LogP contribution < -0.4 is 10.2 Å². The van der Waals surface area contributed by atoms with Crippen molar-refractivity contribution in [1.82, 2.24) is 14.7 Å². The van der Waals surface area contributed by atoms with Crippen LogP contribution in [0.2, 0.25) is 0 Å². The molecule has 2 aromatic heterocycles. The monoisotopic (exact) mass is 356 g/mol. The largest absolute Gasteiger partial charge is 0.348 e. The third kappa shape index (κ3) is 4.22. The van der Waals surface area contributed by atoms with E-state index in [2.05, 4.69) is 84.2 Å². The minimum atomic E-state index is 0.383. The van der Waals surface area contributed by atoms with Crippen LogP contribution in [-0.2, 0) is 13.1 Å². The fraction of sp³-hybridized carbons (Fsp3) is 0.450. The first-order valence-corrected chi connectivity index (χ1v) is 9.90. The number of thiazole rings is 1. The molecular formula is C20H28N4S. The van der Waals surface area contributed by atoms with E-state index in [0.717, 1.165) is 30.4 Å². The van der Waals surface area contributed by atoms with Crippen LogP contribution in [-0.4, -0.2) is 22.0 Å². The van der Waals surface area contributed by atoms with Gasteiger partial charge in [-0.25, -0.2) is 4.98 Å². The van der Waals surface area contributed by atoms with Crippen LogP contribution >= 0.6 is 11.3 Å². The number of nitrogens with zero attached hydrogens (tertiary/aromatic N) is 3. The molecule has 0 spiro atoms. The maximum atomic E-state index is 4.96. The number of rotatable bonds is 8. The van der Waals surface area contributed by atoms with Gasteiger partial charge in [0.05, 0.1) is 5.69 Å². The molecule has 1 aromatic carbocycles. The van der Waals surface area contributed by atoms with Gasteiger partial charge in [0.2, 0.25) is 0 Å². The van der Waals surface area contributed by atoms with E-state index >= 15 is 0 Å². The summed E-state index contributed by atoms with van der Waals surface area (Å²) in [5.74, 6) is 1.74. The van der Waals surface area contributed by atoms with Crippen molar-refractivity contribution >= 4 is 22.1 Å². The molecule has 0 fully saturated rings. The molecule has 5 heteroatoms. The number of benzene rings is 1. The summed E-state index contributed by atoms with van der Waals surface area (Å²) >= 11 is 1.69. The Hall–Kier alpha value is -1.85. The summed E-state index contributed by atoms with van der Waals surface area (Å²) in [5, 5.41) is 5.69. The predicted molar refractivity (Wildman–Crippen MR) is 107 cm³/mol. The molecule has 2 heterocycles. The molecule has 1 N–H and O–H groups in total. The van der Waals surface area contributed by atoms with Crippen LogP contribution in [0.1, 0.15) is 39.0 Å². The first kappa shape index (κ1) is 18.0. The van der Waals surface area contributed by atoms with Crippen LogP contribution in [0.5, 0.6) is 0 Å². The summed E-state index contributed by atoms with van der Waals surface area (Å²) in [6.07, 6.45) is 2.13. The summed E-state index contributed by atoms with van der Waals surface area (Å²) in [6, 6.07) is 11.0.